The van der Waals surface area contributed by atoms with Crippen molar-refractivity contribution < 1.29 is 4.79 Å². The van der Waals surface area contributed by atoms with Crippen LogP contribution in [0.5, 0.6) is 0 Å². The van der Waals surface area contributed by atoms with Gasteiger partial charge in [-0.3, -0.25) is 14.7 Å². The zero-order valence-corrected chi connectivity index (χ0v) is 21.9. The van der Waals surface area contributed by atoms with Gasteiger partial charge in [0.1, 0.15) is 6.17 Å². The predicted molar refractivity (Wildman–Crippen MR) is 140 cm³/mol. The van der Waals surface area contributed by atoms with Gasteiger partial charge in [-0.05, 0) is 26.2 Å². The zero-order chi connectivity index (χ0) is 23.3. The number of hydrogen-bond donors (Lipinski definition) is 1. The Hall–Kier alpha value is -0.900. The maximum absolute atomic E-state index is 12.4. The topological polar surface area (TPSA) is 44.7 Å². The third-order valence-electron chi connectivity index (χ3n) is 6.89. The number of carbonyl (C=O) groups is 1. The van der Waals surface area contributed by atoms with Gasteiger partial charge in [0.15, 0.2) is 0 Å². The molecular weight excluding hydrogens is 394 g/mol. The van der Waals surface area contributed by atoms with E-state index >= 15 is 0 Å². The molecule has 188 valence electrons. The van der Waals surface area contributed by atoms with Crippen LogP contribution in [0.3, 0.4) is 0 Å². The number of hydrogen-bond acceptors (Lipinski definition) is 3. The molecule has 2 atom stereocenters. The van der Waals surface area contributed by atoms with E-state index in [4.69, 9.17) is 0 Å². The summed E-state index contributed by atoms with van der Waals surface area (Å²) in [6.45, 7) is 7.52. The van der Waals surface area contributed by atoms with Gasteiger partial charge >= 0.3 is 0 Å². The van der Waals surface area contributed by atoms with Crippen LogP contribution in [0.2, 0.25) is 0 Å². The standard InChI is InChI=1S/C28H55N3O/c1-4-6-8-10-12-14-16-18-20-22-27-29-24-25-31(27)26(3)30-28(32)23-21-19-17-15-13-11-9-7-5-2/h24,26-27H,4-23,25H2,1-3H3,(H,30,32). The van der Waals surface area contributed by atoms with Crippen LogP contribution in [0.15, 0.2) is 4.99 Å². The quantitative estimate of drug-likeness (QED) is 0.170. The Labute approximate surface area is 200 Å². The largest absolute Gasteiger partial charge is 0.341 e. The van der Waals surface area contributed by atoms with Gasteiger partial charge < -0.3 is 5.32 Å². The molecule has 2 unspecified atom stereocenters. The zero-order valence-electron chi connectivity index (χ0n) is 21.9. The van der Waals surface area contributed by atoms with Crippen LogP contribution >= 0.6 is 0 Å². The molecule has 0 saturated heterocycles. The normalized spacial score (nSPS) is 17.2. The molecule has 1 heterocycles. The first kappa shape index (κ1) is 29.1. The lowest BCUT2D eigenvalue weighted by Gasteiger charge is -2.30. The molecule has 0 aromatic carbocycles. The monoisotopic (exact) mass is 449 g/mol. The lowest BCUT2D eigenvalue weighted by atomic mass is 10.1. The summed E-state index contributed by atoms with van der Waals surface area (Å²) in [5, 5.41) is 3.22. The van der Waals surface area contributed by atoms with Crippen LogP contribution < -0.4 is 5.32 Å². The Balaban J connectivity index is 2.04. The highest BCUT2D eigenvalue weighted by Gasteiger charge is 2.26. The van der Waals surface area contributed by atoms with Gasteiger partial charge in [0, 0.05) is 19.2 Å². The van der Waals surface area contributed by atoms with Crippen molar-refractivity contribution in [1.82, 2.24) is 10.2 Å². The number of amides is 1. The van der Waals surface area contributed by atoms with Crippen molar-refractivity contribution in [1.29, 1.82) is 0 Å². The predicted octanol–water partition coefficient (Wildman–Crippen LogP) is 8.00. The summed E-state index contributed by atoms with van der Waals surface area (Å²) in [6.07, 6.45) is 28.0. The van der Waals surface area contributed by atoms with E-state index in [0.717, 1.165) is 19.4 Å². The van der Waals surface area contributed by atoms with Gasteiger partial charge in [0.25, 0.3) is 0 Å². The first-order valence-electron chi connectivity index (χ1n) is 14.3. The minimum Gasteiger partial charge on any atom is -0.341 e. The Morgan fingerprint density at radius 3 is 1.81 bits per heavy atom. The lowest BCUT2D eigenvalue weighted by molar-refractivity contribution is -0.123. The highest BCUT2D eigenvalue weighted by Crippen LogP contribution is 2.18. The van der Waals surface area contributed by atoms with Gasteiger partial charge in [-0.1, -0.05) is 117 Å². The summed E-state index contributed by atoms with van der Waals surface area (Å²) in [7, 11) is 0. The highest BCUT2D eigenvalue weighted by atomic mass is 16.1. The number of unbranched alkanes of at least 4 members (excludes halogenated alkanes) is 16. The highest BCUT2D eigenvalue weighted by molar-refractivity contribution is 5.76. The van der Waals surface area contributed by atoms with E-state index in [1.165, 1.54) is 109 Å². The van der Waals surface area contributed by atoms with E-state index in [1.807, 2.05) is 6.21 Å². The van der Waals surface area contributed by atoms with Crippen LogP contribution in [-0.4, -0.2) is 35.9 Å². The van der Waals surface area contributed by atoms with Crippen molar-refractivity contribution in [3.63, 3.8) is 0 Å². The first-order chi connectivity index (χ1) is 15.7. The molecule has 0 radical (unpaired) electrons. The molecule has 1 rings (SSSR count). The van der Waals surface area contributed by atoms with Crippen LogP contribution in [0.1, 0.15) is 149 Å². The van der Waals surface area contributed by atoms with E-state index < -0.39 is 0 Å². The van der Waals surface area contributed by atoms with Crippen molar-refractivity contribution in [3.8, 4) is 0 Å². The Kier molecular flexibility index (Phi) is 18.8. The SMILES string of the molecule is CCCCCCCCCCCC(=O)NC(C)N1CC=NC1CCCCCCCCCCC. The van der Waals surface area contributed by atoms with Gasteiger partial charge in [-0.15, -0.1) is 0 Å². The second-order valence-electron chi connectivity index (χ2n) is 9.95. The molecule has 1 amide bonds. The molecule has 4 heteroatoms. The molecule has 0 bridgehead atoms. The molecule has 0 aliphatic carbocycles. The molecule has 32 heavy (non-hydrogen) atoms. The third kappa shape index (κ3) is 15.0. The van der Waals surface area contributed by atoms with Crippen LogP contribution in [0.4, 0.5) is 0 Å². The fourth-order valence-electron chi connectivity index (χ4n) is 4.75. The van der Waals surface area contributed by atoms with Crippen LogP contribution in [-0.2, 0) is 4.79 Å². The maximum Gasteiger partial charge on any atom is 0.221 e. The van der Waals surface area contributed by atoms with Crippen molar-refractivity contribution in [2.45, 2.75) is 162 Å². The van der Waals surface area contributed by atoms with Crippen molar-refractivity contribution >= 4 is 12.1 Å². The van der Waals surface area contributed by atoms with Crippen LogP contribution in [0.25, 0.3) is 0 Å². The maximum atomic E-state index is 12.4. The van der Waals surface area contributed by atoms with Crippen LogP contribution in [0, 0.1) is 0 Å². The molecule has 0 aromatic rings. The Morgan fingerprint density at radius 1 is 0.812 bits per heavy atom. The van der Waals surface area contributed by atoms with E-state index in [9.17, 15) is 4.79 Å². The minimum absolute atomic E-state index is 0.0760. The first-order valence-corrected chi connectivity index (χ1v) is 14.3. The second-order valence-corrected chi connectivity index (χ2v) is 9.95. The summed E-state index contributed by atoms with van der Waals surface area (Å²) in [6, 6.07) is 0. The van der Waals surface area contributed by atoms with Crippen molar-refractivity contribution in [2.24, 2.45) is 4.99 Å². The fraction of sp³-hybridized carbons (Fsp3) is 0.929. The van der Waals surface area contributed by atoms with Gasteiger partial charge in [0.05, 0.1) is 6.17 Å². The molecule has 0 saturated carbocycles. The van der Waals surface area contributed by atoms with E-state index in [1.54, 1.807) is 0 Å². The summed E-state index contributed by atoms with van der Waals surface area (Å²) < 4.78 is 0. The molecule has 0 aromatic heterocycles. The number of carbonyl (C=O) groups excluding carboxylic acids is 1. The third-order valence-corrected chi connectivity index (χ3v) is 6.89. The van der Waals surface area contributed by atoms with Gasteiger partial charge in [-0.2, -0.15) is 0 Å². The summed E-state index contributed by atoms with van der Waals surface area (Å²) in [4.78, 5) is 19.4. The molecule has 4 nitrogen and oxygen atoms in total. The Bertz CT molecular complexity index is 466. The second kappa shape index (κ2) is 20.7. The van der Waals surface area contributed by atoms with Gasteiger partial charge in [0.2, 0.25) is 5.91 Å². The number of rotatable bonds is 22. The summed E-state index contributed by atoms with van der Waals surface area (Å²) in [5.41, 5.74) is 0. The lowest BCUT2D eigenvalue weighted by Crippen LogP contribution is -2.48. The minimum atomic E-state index is 0.0760. The van der Waals surface area contributed by atoms with Crippen molar-refractivity contribution in [2.75, 3.05) is 6.54 Å². The number of nitrogens with zero attached hydrogens (tertiary/aromatic N) is 2. The molecule has 0 fully saturated rings. The number of nitrogens with one attached hydrogen (secondary N) is 1. The molecule has 0 spiro atoms. The van der Waals surface area contributed by atoms with E-state index in [0.29, 0.717) is 6.42 Å². The number of aliphatic imine (C=N–C) groups is 1. The Morgan fingerprint density at radius 2 is 1.28 bits per heavy atom. The average Bonchev–Trinajstić information content (AvgIpc) is 3.25. The molecule has 1 aliphatic rings. The van der Waals surface area contributed by atoms with E-state index in [2.05, 4.69) is 36.0 Å². The molecule has 1 N–H and O–H groups in total. The fourth-order valence-corrected chi connectivity index (χ4v) is 4.75. The molecular formula is C28H55N3O. The summed E-state index contributed by atoms with van der Waals surface area (Å²) in [5.74, 6) is 0.203. The van der Waals surface area contributed by atoms with Crippen molar-refractivity contribution in [3.05, 3.63) is 0 Å². The molecule has 1 aliphatic heterocycles. The average molecular weight is 450 g/mol. The summed E-state index contributed by atoms with van der Waals surface area (Å²) >= 11 is 0. The smallest absolute Gasteiger partial charge is 0.221 e. The van der Waals surface area contributed by atoms with E-state index in [-0.39, 0.29) is 18.2 Å². The van der Waals surface area contributed by atoms with Gasteiger partial charge in [-0.25, -0.2) is 0 Å².